The predicted octanol–water partition coefficient (Wildman–Crippen LogP) is 4.64. The maximum atomic E-state index is 13.1. The molecule has 3 aromatic rings. The van der Waals surface area contributed by atoms with E-state index in [1.165, 1.54) is 24.3 Å². The molecule has 0 radical (unpaired) electrons. The molecule has 1 unspecified atom stereocenters. The van der Waals surface area contributed by atoms with Gasteiger partial charge < -0.3 is 14.5 Å². The Kier molecular flexibility index (Phi) is 5.35. The molecule has 2 aromatic carbocycles. The second-order valence-corrected chi connectivity index (χ2v) is 7.51. The second-order valence-electron chi connectivity index (χ2n) is 7.51. The van der Waals surface area contributed by atoms with Gasteiger partial charge >= 0.3 is 6.36 Å². The van der Waals surface area contributed by atoms with E-state index in [0.717, 1.165) is 23.0 Å². The maximum Gasteiger partial charge on any atom is 0.573 e. The van der Waals surface area contributed by atoms with Crippen LogP contribution in [0.4, 0.5) is 13.2 Å². The number of rotatable bonds is 4. The Hall–Kier alpha value is -3.48. The number of aromatic amines is 1. The normalized spacial score (nSPS) is 15.5. The van der Waals surface area contributed by atoms with Crippen LogP contribution in [0, 0.1) is 12.8 Å². The van der Waals surface area contributed by atoms with E-state index in [9.17, 15) is 18.0 Å². The van der Waals surface area contributed by atoms with Gasteiger partial charge in [0.05, 0.1) is 0 Å². The minimum Gasteiger partial charge on any atom is -0.457 e. The quantitative estimate of drug-likeness (QED) is 0.660. The van der Waals surface area contributed by atoms with Crippen molar-refractivity contribution in [3.05, 3.63) is 75.0 Å². The monoisotopic (exact) mass is 427 g/mol. The van der Waals surface area contributed by atoms with Crippen molar-refractivity contribution in [1.82, 2.24) is 4.98 Å². The lowest BCUT2D eigenvalue weighted by atomic mass is 9.97. The summed E-state index contributed by atoms with van der Waals surface area (Å²) in [6.45, 7) is 3.98. The Balaban J connectivity index is 1.57. The number of hydrogen-bond donors (Lipinski definition) is 1. The molecule has 4 rings (SSSR count). The van der Waals surface area contributed by atoms with Gasteiger partial charge in [-0.15, -0.1) is 13.2 Å². The van der Waals surface area contributed by atoms with Gasteiger partial charge in [-0.05, 0) is 61.2 Å². The highest BCUT2D eigenvalue weighted by Crippen LogP contribution is 2.28. The molecule has 0 amide bonds. The molecular weight excluding hydrogens is 407 g/mol. The van der Waals surface area contributed by atoms with Crippen molar-refractivity contribution >= 4 is 12.2 Å². The molecule has 0 bridgehead atoms. The van der Waals surface area contributed by atoms with Crippen molar-refractivity contribution in [2.24, 2.45) is 5.92 Å². The van der Waals surface area contributed by atoms with Crippen LogP contribution in [-0.4, -0.2) is 11.3 Å². The van der Waals surface area contributed by atoms with E-state index in [2.05, 4.69) is 22.7 Å². The first-order chi connectivity index (χ1) is 14.7. The summed E-state index contributed by atoms with van der Waals surface area (Å²) in [6, 6.07) is 12.1. The number of pyridine rings is 1. The minimum absolute atomic E-state index is 0.0108. The first-order valence-electron chi connectivity index (χ1n) is 9.78. The first-order valence-corrected chi connectivity index (χ1v) is 9.78. The zero-order valence-electron chi connectivity index (χ0n) is 16.9. The summed E-state index contributed by atoms with van der Waals surface area (Å²) < 4.78 is 46.3. The first kappa shape index (κ1) is 20.8. The topological polar surface area (TPSA) is 51.3 Å². The van der Waals surface area contributed by atoms with Gasteiger partial charge in [0, 0.05) is 21.8 Å². The highest BCUT2D eigenvalue weighted by atomic mass is 19.4. The fourth-order valence-electron chi connectivity index (χ4n) is 3.63. The van der Waals surface area contributed by atoms with Crippen molar-refractivity contribution < 1.29 is 22.6 Å². The third-order valence-corrected chi connectivity index (χ3v) is 5.04. The van der Waals surface area contributed by atoms with E-state index in [1.807, 2.05) is 13.0 Å². The summed E-state index contributed by atoms with van der Waals surface area (Å²) in [4.78, 5) is 16.4. The fourth-order valence-corrected chi connectivity index (χ4v) is 3.63. The minimum atomic E-state index is -4.74. The number of nitrogens with one attached hydrogen (secondary N) is 1. The molecule has 0 fully saturated rings. The highest BCUT2D eigenvalue weighted by Gasteiger charge is 2.31. The molecule has 1 heterocycles. The van der Waals surface area contributed by atoms with Crippen LogP contribution in [0.15, 0.2) is 53.3 Å². The molecule has 0 saturated heterocycles. The molecule has 0 saturated carbocycles. The summed E-state index contributed by atoms with van der Waals surface area (Å²) in [5.74, 6) is 0.929. The van der Waals surface area contributed by atoms with Gasteiger partial charge in [0.2, 0.25) is 0 Å². The average molecular weight is 427 g/mol. The molecule has 0 aliphatic heterocycles. The van der Waals surface area contributed by atoms with Crippen LogP contribution in [0.1, 0.15) is 19.0 Å². The van der Waals surface area contributed by atoms with Gasteiger partial charge in [0.25, 0.3) is 0 Å². The number of aromatic nitrogens is 1. The molecule has 1 aliphatic rings. The number of ether oxygens (including phenoxy) is 2. The van der Waals surface area contributed by atoms with Crippen molar-refractivity contribution in [2.45, 2.75) is 26.6 Å². The van der Waals surface area contributed by atoms with Crippen molar-refractivity contribution in [2.75, 3.05) is 0 Å². The summed E-state index contributed by atoms with van der Waals surface area (Å²) in [5.41, 5.74) is 2.15. The van der Waals surface area contributed by atoms with Crippen LogP contribution < -0.4 is 25.5 Å². The van der Waals surface area contributed by atoms with Crippen LogP contribution in [0.25, 0.3) is 23.3 Å². The molecular formula is C24H20F3NO3. The smallest absolute Gasteiger partial charge is 0.457 e. The van der Waals surface area contributed by atoms with E-state index in [4.69, 9.17) is 4.74 Å². The summed E-state index contributed by atoms with van der Waals surface area (Å²) >= 11 is 0. The molecule has 31 heavy (non-hydrogen) atoms. The van der Waals surface area contributed by atoms with Crippen LogP contribution in [-0.2, 0) is 0 Å². The van der Waals surface area contributed by atoms with Gasteiger partial charge in [0.1, 0.15) is 17.2 Å². The summed E-state index contributed by atoms with van der Waals surface area (Å²) in [7, 11) is 0. The number of fused-ring (bicyclic) bond motifs is 1. The molecule has 1 atom stereocenters. The SMILES string of the molecule is Cc1[nH]c2c(c(=O)c1-c1ccc(Oc3ccc(OC(F)(F)F)cc3)cc1)=CCC(C)C=2. The predicted molar refractivity (Wildman–Crippen MR) is 112 cm³/mol. The van der Waals surface area contributed by atoms with Crippen molar-refractivity contribution in [1.29, 1.82) is 0 Å². The number of H-pyrrole nitrogens is 1. The molecule has 160 valence electrons. The van der Waals surface area contributed by atoms with E-state index >= 15 is 0 Å². The van der Waals surface area contributed by atoms with E-state index in [-0.39, 0.29) is 11.2 Å². The second kappa shape index (κ2) is 7.98. The Morgan fingerprint density at radius 1 is 0.968 bits per heavy atom. The third kappa shape index (κ3) is 4.66. The highest BCUT2D eigenvalue weighted by molar-refractivity contribution is 5.67. The molecule has 7 heteroatoms. The zero-order valence-corrected chi connectivity index (χ0v) is 16.9. The molecule has 0 spiro atoms. The van der Waals surface area contributed by atoms with E-state index in [1.54, 1.807) is 24.3 Å². The number of hydrogen-bond acceptors (Lipinski definition) is 3. The van der Waals surface area contributed by atoms with Gasteiger partial charge in [0.15, 0.2) is 5.43 Å². The Morgan fingerprint density at radius 2 is 1.55 bits per heavy atom. The maximum absolute atomic E-state index is 13.1. The van der Waals surface area contributed by atoms with E-state index < -0.39 is 6.36 Å². The van der Waals surface area contributed by atoms with Crippen molar-refractivity contribution in [3.63, 3.8) is 0 Å². The Labute approximate surface area is 176 Å². The Morgan fingerprint density at radius 3 is 2.16 bits per heavy atom. The number of benzene rings is 2. The number of alkyl halides is 3. The standard InChI is InChI=1S/C24H20F3NO3/c1-14-3-12-20-21(13-14)28-15(2)22(23(20)29)16-4-6-17(7-5-16)30-18-8-10-19(11-9-18)31-24(25,26)27/h4-14,28H,3H2,1-2H3. The van der Waals surface area contributed by atoms with Crippen molar-refractivity contribution in [3.8, 4) is 28.4 Å². The third-order valence-electron chi connectivity index (χ3n) is 5.04. The van der Waals surface area contributed by atoms with Gasteiger partial charge in [-0.1, -0.05) is 31.2 Å². The lowest BCUT2D eigenvalue weighted by molar-refractivity contribution is -0.274. The molecule has 1 N–H and O–H groups in total. The van der Waals surface area contributed by atoms with Gasteiger partial charge in [-0.25, -0.2) is 0 Å². The zero-order chi connectivity index (χ0) is 22.2. The lowest BCUT2D eigenvalue weighted by Crippen LogP contribution is -2.44. The van der Waals surface area contributed by atoms with Gasteiger partial charge in [-0.2, -0.15) is 0 Å². The Bertz CT molecular complexity index is 1270. The van der Waals surface area contributed by atoms with Crippen LogP contribution in [0.5, 0.6) is 17.2 Å². The van der Waals surface area contributed by atoms with E-state index in [0.29, 0.717) is 28.2 Å². The molecule has 4 nitrogen and oxygen atoms in total. The summed E-state index contributed by atoms with van der Waals surface area (Å²) in [5, 5.41) is 1.56. The van der Waals surface area contributed by atoms with Gasteiger partial charge in [-0.3, -0.25) is 4.79 Å². The lowest BCUT2D eigenvalue weighted by Gasteiger charge is -2.12. The largest absolute Gasteiger partial charge is 0.573 e. The van der Waals surface area contributed by atoms with Crippen LogP contribution in [0.2, 0.25) is 0 Å². The number of halogens is 3. The van der Waals surface area contributed by atoms with Crippen LogP contribution in [0.3, 0.4) is 0 Å². The average Bonchev–Trinajstić information content (AvgIpc) is 2.69. The molecule has 1 aromatic heterocycles. The van der Waals surface area contributed by atoms with Crippen LogP contribution >= 0.6 is 0 Å². The fraction of sp³-hybridized carbons (Fsp3) is 0.208. The summed E-state index contributed by atoms with van der Waals surface area (Å²) in [6.07, 6.45) is 0.151. The molecule has 1 aliphatic carbocycles. The number of aryl methyl sites for hydroxylation is 1.